The summed E-state index contributed by atoms with van der Waals surface area (Å²) in [4.78, 5) is 17.1. The summed E-state index contributed by atoms with van der Waals surface area (Å²) in [5.41, 5.74) is 2.58. The predicted octanol–water partition coefficient (Wildman–Crippen LogP) is 3.55. The highest BCUT2D eigenvalue weighted by molar-refractivity contribution is 7.14. The molecule has 0 unspecified atom stereocenters. The van der Waals surface area contributed by atoms with Gasteiger partial charge in [0.25, 0.3) is 5.56 Å². The fourth-order valence-electron chi connectivity index (χ4n) is 2.26. The van der Waals surface area contributed by atoms with Crippen molar-refractivity contribution in [1.82, 2.24) is 9.55 Å². The van der Waals surface area contributed by atoms with Crippen molar-refractivity contribution >= 4 is 16.5 Å². The normalized spacial score (nSPS) is 11.1. The molecule has 0 saturated heterocycles. The maximum atomic E-state index is 12.7. The molecule has 0 aliphatic heterocycles. The third-order valence-electron chi connectivity index (χ3n) is 3.24. The first kappa shape index (κ1) is 14.8. The molecule has 20 heavy (non-hydrogen) atoms. The van der Waals surface area contributed by atoms with Gasteiger partial charge >= 0.3 is 0 Å². The summed E-state index contributed by atoms with van der Waals surface area (Å²) in [6.45, 7) is 7.07. The zero-order valence-corrected chi connectivity index (χ0v) is 13.3. The number of aromatic nitrogens is 2. The van der Waals surface area contributed by atoms with Gasteiger partial charge < -0.3 is 9.88 Å². The Bertz CT molecular complexity index is 643. The number of nitrogens with zero attached hydrogens (tertiary/aromatic N) is 2. The monoisotopic (exact) mass is 291 g/mol. The van der Waals surface area contributed by atoms with Crippen LogP contribution in [0.15, 0.2) is 22.3 Å². The van der Waals surface area contributed by atoms with Crippen LogP contribution in [-0.4, -0.2) is 16.6 Å². The Labute approximate surface area is 123 Å². The van der Waals surface area contributed by atoms with Gasteiger partial charge in [0.15, 0.2) is 5.13 Å². The van der Waals surface area contributed by atoms with E-state index in [1.165, 1.54) is 11.3 Å². The minimum atomic E-state index is 0.0611. The van der Waals surface area contributed by atoms with E-state index in [1.807, 2.05) is 23.1 Å². The second kappa shape index (κ2) is 6.22. The number of rotatable bonds is 5. The zero-order chi connectivity index (χ0) is 14.7. The van der Waals surface area contributed by atoms with Crippen LogP contribution in [0.3, 0.4) is 0 Å². The molecule has 0 spiro atoms. The lowest BCUT2D eigenvalue weighted by molar-refractivity contribution is 0.597. The molecule has 108 valence electrons. The minimum absolute atomic E-state index is 0.0611. The van der Waals surface area contributed by atoms with Crippen LogP contribution in [0.2, 0.25) is 0 Å². The Morgan fingerprint density at radius 1 is 1.40 bits per heavy atom. The molecule has 2 aromatic heterocycles. The molecule has 0 bridgehead atoms. The van der Waals surface area contributed by atoms with E-state index in [1.54, 1.807) is 0 Å². The van der Waals surface area contributed by atoms with Crippen molar-refractivity contribution in [3.05, 3.63) is 33.6 Å². The molecule has 2 aromatic rings. The average Bonchev–Trinajstić information content (AvgIpc) is 2.89. The Morgan fingerprint density at radius 2 is 2.15 bits per heavy atom. The lowest BCUT2D eigenvalue weighted by atomic mass is 10.1. The fraction of sp³-hybridized carbons (Fsp3) is 0.467. The van der Waals surface area contributed by atoms with E-state index in [4.69, 9.17) is 0 Å². The van der Waals surface area contributed by atoms with Gasteiger partial charge in [0.1, 0.15) is 0 Å². The molecule has 2 heterocycles. The van der Waals surface area contributed by atoms with Crippen molar-refractivity contribution in [2.24, 2.45) is 0 Å². The van der Waals surface area contributed by atoms with Crippen LogP contribution in [0.5, 0.6) is 0 Å². The zero-order valence-electron chi connectivity index (χ0n) is 12.4. The van der Waals surface area contributed by atoms with E-state index in [0.29, 0.717) is 11.5 Å². The average molecular weight is 291 g/mol. The van der Waals surface area contributed by atoms with E-state index in [2.05, 4.69) is 37.1 Å². The van der Waals surface area contributed by atoms with E-state index >= 15 is 0 Å². The van der Waals surface area contributed by atoms with Gasteiger partial charge in [0.05, 0.1) is 11.3 Å². The van der Waals surface area contributed by atoms with Crippen LogP contribution in [0.4, 0.5) is 5.13 Å². The molecule has 0 atom stereocenters. The molecule has 4 nitrogen and oxygen atoms in total. The van der Waals surface area contributed by atoms with E-state index in [9.17, 15) is 4.79 Å². The second-order valence-corrected chi connectivity index (χ2v) is 5.93. The van der Waals surface area contributed by atoms with Crippen molar-refractivity contribution in [2.75, 3.05) is 12.4 Å². The molecule has 0 aliphatic rings. The van der Waals surface area contributed by atoms with E-state index < -0.39 is 0 Å². The molecule has 0 fully saturated rings. The van der Waals surface area contributed by atoms with Crippen molar-refractivity contribution < 1.29 is 0 Å². The molecule has 0 radical (unpaired) electrons. The third kappa shape index (κ3) is 2.77. The summed E-state index contributed by atoms with van der Waals surface area (Å²) in [6, 6.07) is 3.95. The minimum Gasteiger partial charge on any atom is -0.365 e. The van der Waals surface area contributed by atoms with Crippen molar-refractivity contribution in [2.45, 2.75) is 39.7 Å². The highest BCUT2D eigenvalue weighted by atomic mass is 32.1. The van der Waals surface area contributed by atoms with Gasteiger partial charge in [-0.15, -0.1) is 11.3 Å². The molecule has 2 rings (SSSR count). The first-order chi connectivity index (χ1) is 9.58. The van der Waals surface area contributed by atoms with E-state index in [-0.39, 0.29) is 5.56 Å². The van der Waals surface area contributed by atoms with Gasteiger partial charge in [-0.1, -0.05) is 20.8 Å². The fourth-order valence-corrected chi connectivity index (χ4v) is 2.93. The quantitative estimate of drug-likeness (QED) is 0.916. The predicted molar refractivity (Wildman–Crippen MR) is 85.7 cm³/mol. The molecule has 0 aromatic carbocycles. The highest BCUT2D eigenvalue weighted by Gasteiger charge is 2.14. The summed E-state index contributed by atoms with van der Waals surface area (Å²) in [5, 5.41) is 5.76. The summed E-state index contributed by atoms with van der Waals surface area (Å²) in [7, 11) is 1.83. The molecule has 0 aliphatic carbocycles. The summed E-state index contributed by atoms with van der Waals surface area (Å²) >= 11 is 1.51. The van der Waals surface area contributed by atoms with Gasteiger partial charge in [-0.2, -0.15) is 0 Å². The van der Waals surface area contributed by atoms with Crippen LogP contribution < -0.4 is 10.9 Å². The van der Waals surface area contributed by atoms with Gasteiger partial charge in [0.2, 0.25) is 0 Å². The van der Waals surface area contributed by atoms with Gasteiger partial charge in [-0.25, -0.2) is 4.98 Å². The largest absolute Gasteiger partial charge is 0.365 e. The van der Waals surface area contributed by atoms with Crippen LogP contribution in [0.1, 0.15) is 38.8 Å². The molecule has 1 N–H and O–H groups in total. The van der Waals surface area contributed by atoms with Crippen LogP contribution in [0.25, 0.3) is 11.3 Å². The second-order valence-electron chi connectivity index (χ2n) is 5.07. The van der Waals surface area contributed by atoms with Crippen LogP contribution in [-0.2, 0) is 6.54 Å². The summed E-state index contributed by atoms with van der Waals surface area (Å²) < 4.78 is 1.89. The van der Waals surface area contributed by atoms with E-state index in [0.717, 1.165) is 29.5 Å². The lowest BCUT2D eigenvalue weighted by Crippen LogP contribution is -2.25. The highest BCUT2D eigenvalue weighted by Crippen LogP contribution is 2.23. The van der Waals surface area contributed by atoms with Gasteiger partial charge in [-0.05, 0) is 24.5 Å². The Hall–Kier alpha value is -1.62. The number of anilines is 1. The number of thiazole rings is 1. The van der Waals surface area contributed by atoms with Crippen molar-refractivity contribution in [3.8, 4) is 11.3 Å². The van der Waals surface area contributed by atoms with Crippen LogP contribution in [0, 0.1) is 0 Å². The summed E-state index contributed by atoms with van der Waals surface area (Å²) in [6.07, 6.45) is 0.946. The third-order valence-corrected chi connectivity index (χ3v) is 4.10. The maximum absolute atomic E-state index is 12.7. The SMILES string of the molecule is CCCn1c(C(C)C)ccc(-c2csc(NC)n2)c1=O. The van der Waals surface area contributed by atoms with Crippen LogP contribution >= 0.6 is 11.3 Å². The molecule has 0 saturated carbocycles. The smallest absolute Gasteiger partial charge is 0.260 e. The number of nitrogens with one attached hydrogen (secondary N) is 1. The number of hydrogen-bond acceptors (Lipinski definition) is 4. The Morgan fingerprint density at radius 3 is 2.70 bits per heavy atom. The van der Waals surface area contributed by atoms with Crippen molar-refractivity contribution in [3.63, 3.8) is 0 Å². The Kier molecular flexibility index (Phi) is 4.60. The molecular formula is C15H21N3OS. The van der Waals surface area contributed by atoms with Crippen molar-refractivity contribution in [1.29, 1.82) is 0 Å². The molecular weight excluding hydrogens is 270 g/mol. The number of pyridine rings is 1. The first-order valence-corrected chi connectivity index (χ1v) is 7.83. The van der Waals surface area contributed by atoms with Gasteiger partial charge in [0, 0.05) is 24.7 Å². The maximum Gasteiger partial charge on any atom is 0.260 e. The number of hydrogen-bond donors (Lipinski definition) is 1. The topological polar surface area (TPSA) is 46.9 Å². The standard InChI is InChI=1S/C15H21N3OS/c1-5-8-18-13(10(2)3)7-6-11(14(18)19)12-9-20-15(16-4)17-12/h6-7,9-10H,5,8H2,1-4H3,(H,16,17). The van der Waals surface area contributed by atoms with Gasteiger partial charge in [-0.3, -0.25) is 4.79 Å². The molecule has 0 amide bonds. The Balaban J connectivity index is 2.55. The summed E-state index contributed by atoms with van der Waals surface area (Å²) in [5.74, 6) is 0.339. The first-order valence-electron chi connectivity index (χ1n) is 6.95. The molecule has 5 heteroatoms. The lowest BCUT2D eigenvalue weighted by Gasteiger charge is -2.16.